The number of aliphatic hydroxyl groups is 1. The van der Waals surface area contributed by atoms with Crippen LogP contribution in [0.4, 0.5) is 10.1 Å². The number of benzene rings is 1. The number of nitrogens with two attached hydrogens (primary N) is 1. The molecule has 0 saturated carbocycles. The van der Waals surface area contributed by atoms with Gasteiger partial charge in [0, 0.05) is 19.2 Å². The molecule has 0 atom stereocenters. The Kier molecular flexibility index (Phi) is 5.28. The Balaban J connectivity index is 3.19. The minimum Gasteiger partial charge on any atom is -0.398 e. The number of nitrogens with zero attached hydrogens (tertiary/aromatic N) is 1. The molecule has 0 bridgehead atoms. The van der Waals surface area contributed by atoms with E-state index >= 15 is 0 Å². The Morgan fingerprint density at radius 3 is 2.53 bits per heavy atom. The summed E-state index contributed by atoms with van der Waals surface area (Å²) in [4.78, 5) is -0.111. The van der Waals surface area contributed by atoms with Crippen molar-refractivity contribution in [2.45, 2.75) is 31.2 Å². The highest BCUT2D eigenvalue weighted by Gasteiger charge is 2.28. The van der Waals surface area contributed by atoms with E-state index in [-0.39, 0.29) is 29.8 Å². The van der Waals surface area contributed by atoms with E-state index in [1.165, 1.54) is 4.31 Å². The summed E-state index contributed by atoms with van der Waals surface area (Å²) < 4.78 is 39.1. The summed E-state index contributed by atoms with van der Waals surface area (Å²) in [5.41, 5.74) is 5.46. The molecule has 0 aromatic heterocycles. The van der Waals surface area contributed by atoms with Crippen molar-refractivity contribution in [3.05, 3.63) is 24.0 Å². The Labute approximate surface area is 112 Å². The van der Waals surface area contributed by atoms with Crippen LogP contribution in [0.3, 0.4) is 0 Å². The van der Waals surface area contributed by atoms with E-state index in [4.69, 9.17) is 10.8 Å². The van der Waals surface area contributed by atoms with E-state index in [0.29, 0.717) is 6.42 Å². The Morgan fingerprint density at radius 2 is 2.05 bits per heavy atom. The fourth-order valence-corrected chi connectivity index (χ4v) is 3.54. The van der Waals surface area contributed by atoms with Crippen molar-refractivity contribution in [2.24, 2.45) is 0 Å². The minimum atomic E-state index is -3.79. The number of hydrogen-bond acceptors (Lipinski definition) is 4. The predicted octanol–water partition coefficient (Wildman–Crippen LogP) is 1.19. The highest BCUT2D eigenvalue weighted by Crippen LogP contribution is 2.24. The Bertz CT molecular complexity index is 532. The molecule has 7 heteroatoms. The Hall–Kier alpha value is -1.18. The van der Waals surface area contributed by atoms with E-state index in [1.54, 1.807) is 13.8 Å². The molecule has 0 aliphatic carbocycles. The van der Waals surface area contributed by atoms with Crippen LogP contribution in [0.2, 0.25) is 0 Å². The molecule has 0 unspecified atom stereocenters. The molecule has 19 heavy (non-hydrogen) atoms. The van der Waals surface area contributed by atoms with Gasteiger partial charge in [-0.25, -0.2) is 12.8 Å². The van der Waals surface area contributed by atoms with Crippen LogP contribution in [0.25, 0.3) is 0 Å². The third-order valence-electron chi connectivity index (χ3n) is 2.67. The van der Waals surface area contributed by atoms with Crippen LogP contribution >= 0.6 is 0 Å². The lowest BCUT2D eigenvalue weighted by molar-refractivity contribution is 0.258. The van der Waals surface area contributed by atoms with Crippen LogP contribution in [0.1, 0.15) is 20.3 Å². The van der Waals surface area contributed by atoms with Gasteiger partial charge in [0.05, 0.1) is 5.69 Å². The van der Waals surface area contributed by atoms with Crippen LogP contribution < -0.4 is 5.73 Å². The van der Waals surface area contributed by atoms with Gasteiger partial charge in [-0.1, -0.05) is 0 Å². The highest BCUT2D eigenvalue weighted by atomic mass is 32.2. The van der Waals surface area contributed by atoms with Crippen LogP contribution in [0.15, 0.2) is 23.1 Å². The zero-order chi connectivity index (χ0) is 14.6. The van der Waals surface area contributed by atoms with Crippen molar-refractivity contribution >= 4 is 15.7 Å². The van der Waals surface area contributed by atoms with Crippen molar-refractivity contribution in [3.8, 4) is 0 Å². The smallest absolute Gasteiger partial charge is 0.245 e. The van der Waals surface area contributed by atoms with E-state index in [1.807, 2.05) is 0 Å². The molecule has 0 fully saturated rings. The van der Waals surface area contributed by atoms with Crippen LogP contribution in [0, 0.1) is 5.82 Å². The number of halogens is 1. The molecular formula is C12H19FN2O3S. The highest BCUT2D eigenvalue weighted by molar-refractivity contribution is 7.89. The summed E-state index contributed by atoms with van der Waals surface area (Å²) in [5.74, 6) is -0.581. The first-order valence-corrected chi connectivity index (χ1v) is 7.42. The van der Waals surface area contributed by atoms with Gasteiger partial charge in [-0.15, -0.1) is 0 Å². The number of aliphatic hydroxyl groups excluding tert-OH is 1. The quantitative estimate of drug-likeness (QED) is 0.771. The number of hydrogen-bond donors (Lipinski definition) is 2. The van der Waals surface area contributed by atoms with Gasteiger partial charge >= 0.3 is 0 Å². The van der Waals surface area contributed by atoms with Gasteiger partial charge in [0.2, 0.25) is 10.0 Å². The molecule has 0 saturated heterocycles. The molecule has 5 nitrogen and oxygen atoms in total. The molecule has 3 N–H and O–H groups in total. The van der Waals surface area contributed by atoms with Gasteiger partial charge in [-0.3, -0.25) is 0 Å². The first-order chi connectivity index (χ1) is 8.80. The van der Waals surface area contributed by atoms with Crippen molar-refractivity contribution in [1.82, 2.24) is 4.31 Å². The maximum Gasteiger partial charge on any atom is 0.245 e. The predicted molar refractivity (Wildman–Crippen MR) is 71.5 cm³/mol. The summed E-state index contributed by atoms with van der Waals surface area (Å²) in [5, 5.41) is 8.83. The summed E-state index contributed by atoms with van der Waals surface area (Å²) in [6, 6.07) is 2.93. The van der Waals surface area contributed by atoms with E-state index in [9.17, 15) is 12.8 Å². The second-order valence-electron chi connectivity index (χ2n) is 4.47. The first kappa shape index (κ1) is 15.9. The number of nitrogen functional groups attached to an aromatic ring is 1. The topological polar surface area (TPSA) is 83.6 Å². The van der Waals surface area contributed by atoms with Gasteiger partial charge < -0.3 is 10.8 Å². The SMILES string of the molecule is CC(C)N(CCCO)S(=O)(=O)c1ccc(F)cc1N. The van der Waals surface area contributed by atoms with Gasteiger partial charge in [-0.05, 0) is 38.5 Å². The number of rotatable bonds is 6. The summed E-state index contributed by atoms with van der Waals surface area (Å²) in [6.07, 6.45) is 0.332. The number of sulfonamides is 1. The van der Waals surface area contributed by atoms with E-state index in [0.717, 1.165) is 18.2 Å². The second kappa shape index (κ2) is 6.31. The lowest BCUT2D eigenvalue weighted by atomic mass is 10.3. The maximum absolute atomic E-state index is 13.0. The van der Waals surface area contributed by atoms with Crippen LogP contribution in [-0.4, -0.2) is 37.0 Å². The summed E-state index contributed by atoms with van der Waals surface area (Å²) in [6.45, 7) is 3.55. The summed E-state index contributed by atoms with van der Waals surface area (Å²) in [7, 11) is -3.79. The minimum absolute atomic E-state index is 0.0996. The molecule has 0 aliphatic heterocycles. The lowest BCUT2D eigenvalue weighted by Gasteiger charge is -2.26. The van der Waals surface area contributed by atoms with Gasteiger partial charge in [0.1, 0.15) is 10.7 Å². The molecule has 0 amide bonds. The third-order valence-corrected chi connectivity index (χ3v) is 4.82. The monoisotopic (exact) mass is 290 g/mol. The lowest BCUT2D eigenvalue weighted by Crippen LogP contribution is -2.38. The van der Waals surface area contributed by atoms with Crippen molar-refractivity contribution in [3.63, 3.8) is 0 Å². The van der Waals surface area contributed by atoms with Crippen molar-refractivity contribution < 1.29 is 17.9 Å². The zero-order valence-corrected chi connectivity index (χ0v) is 11.8. The van der Waals surface area contributed by atoms with E-state index < -0.39 is 15.8 Å². The maximum atomic E-state index is 13.0. The fraction of sp³-hybridized carbons (Fsp3) is 0.500. The number of anilines is 1. The summed E-state index contributed by atoms with van der Waals surface area (Å²) >= 11 is 0. The van der Waals surface area contributed by atoms with Crippen LogP contribution in [0.5, 0.6) is 0 Å². The standard InChI is InChI=1S/C12H19FN2O3S/c1-9(2)15(6-3-7-16)19(17,18)12-5-4-10(13)8-11(12)14/h4-5,8-9,16H,3,6-7,14H2,1-2H3. The molecule has 0 radical (unpaired) electrons. The van der Waals surface area contributed by atoms with Crippen LogP contribution in [-0.2, 0) is 10.0 Å². The molecule has 0 heterocycles. The van der Waals surface area contributed by atoms with Crippen molar-refractivity contribution in [2.75, 3.05) is 18.9 Å². The molecule has 0 spiro atoms. The normalized spacial score (nSPS) is 12.3. The van der Waals surface area contributed by atoms with Gasteiger partial charge in [0.15, 0.2) is 0 Å². The van der Waals surface area contributed by atoms with Crippen molar-refractivity contribution in [1.29, 1.82) is 0 Å². The molecule has 108 valence electrons. The molecule has 0 aliphatic rings. The third kappa shape index (κ3) is 3.65. The first-order valence-electron chi connectivity index (χ1n) is 5.98. The fourth-order valence-electron chi connectivity index (χ4n) is 1.76. The van der Waals surface area contributed by atoms with Gasteiger partial charge in [0.25, 0.3) is 0 Å². The largest absolute Gasteiger partial charge is 0.398 e. The molecule has 1 aromatic carbocycles. The van der Waals surface area contributed by atoms with E-state index in [2.05, 4.69) is 0 Å². The molecule has 1 rings (SSSR count). The Morgan fingerprint density at radius 1 is 1.42 bits per heavy atom. The second-order valence-corrected chi connectivity index (χ2v) is 6.33. The molecular weight excluding hydrogens is 271 g/mol. The molecule has 1 aromatic rings. The average Bonchev–Trinajstić information content (AvgIpc) is 2.27. The van der Waals surface area contributed by atoms with Gasteiger partial charge in [-0.2, -0.15) is 4.31 Å². The zero-order valence-electron chi connectivity index (χ0n) is 11.0. The average molecular weight is 290 g/mol.